The van der Waals surface area contributed by atoms with Gasteiger partial charge in [-0.2, -0.15) is 0 Å². The SMILES string of the molecule is CCNC(c1ccc(OC)cc1Br)C1CCCCCCC1. The number of hydrogen-bond acceptors (Lipinski definition) is 2. The van der Waals surface area contributed by atoms with Gasteiger partial charge in [0.05, 0.1) is 7.11 Å². The molecule has 2 nitrogen and oxygen atoms in total. The number of ether oxygens (including phenoxy) is 1. The molecular formula is C18H28BrNO. The quantitative estimate of drug-likeness (QED) is 0.757. The van der Waals surface area contributed by atoms with Crippen LogP contribution in [0.5, 0.6) is 5.75 Å². The molecule has 1 aliphatic rings. The molecule has 1 N–H and O–H groups in total. The Balaban J connectivity index is 2.20. The molecule has 1 aliphatic carbocycles. The highest BCUT2D eigenvalue weighted by Crippen LogP contribution is 2.37. The van der Waals surface area contributed by atoms with Gasteiger partial charge in [0.1, 0.15) is 5.75 Å². The van der Waals surface area contributed by atoms with Gasteiger partial charge in [-0.25, -0.2) is 0 Å². The van der Waals surface area contributed by atoms with Gasteiger partial charge < -0.3 is 10.1 Å². The second-order valence-electron chi connectivity index (χ2n) is 6.03. The van der Waals surface area contributed by atoms with E-state index in [1.165, 1.54) is 50.5 Å². The molecule has 1 aromatic carbocycles. The summed E-state index contributed by atoms with van der Waals surface area (Å²) in [4.78, 5) is 0. The Labute approximate surface area is 137 Å². The average molecular weight is 354 g/mol. The van der Waals surface area contributed by atoms with Crippen LogP contribution in [0, 0.1) is 5.92 Å². The number of rotatable bonds is 5. The van der Waals surface area contributed by atoms with E-state index in [1.807, 2.05) is 0 Å². The van der Waals surface area contributed by atoms with Crippen molar-refractivity contribution in [2.24, 2.45) is 5.92 Å². The van der Waals surface area contributed by atoms with Crippen molar-refractivity contribution >= 4 is 15.9 Å². The monoisotopic (exact) mass is 353 g/mol. The van der Waals surface area contributed by atoms with E-state index in [0.29, 0.717) is 6.04 Å². The van der Waals surface area contributed by atoms with Gasteiger partial charge in [-0.05, 0) is 43.0 Å². The lowest BCUT2D eigenvalue weighted by Gasteiger charge is -2.30. The van der Waals surface area contributed by atoms with E-state index in [2.05, 4.69) is 46.4 Å². The van der Waals surface area contributed by atoms with Crippen LogP contribution in [0.1, 0.15) is 63.5 Å². The maximum atomic E-state index is 5.32. The second kappa shape index (κ2) is 8.79. The van der Waals surface area contributed by atoms with E-state index < -0.39 is 0 Å². The van der Waals surface area contributed by atoms with Gasteiger partial charge in [-0.1, -0.05) is 61.0 Å². The highest BCUT2D eigenvalue weighted by molar-refractivity contribution is 9.10. The number of benzene rings is 1. The molecule has 1 aromatic rings. The molecule has 1 saturated carbocycles. The molecular weight excluding hydrogens is 326 g/mol. The summed E-state index contributed by atoms with van der Waals surface area (Å²) >= 11 is 3.74. The summed E-state index contributed by atoms with van der Waals surface area (Å²) in [5.74, 6) is 1.66. The van der Waals surface area contributed by atoms with Crippen LogP contribution in [-0.4, -0.2) is 13.7 Å². The molecule has 0 aromatic heterocycles. The largest absolute Gasteiger partial charge is 0.497 e. The molecule has 0 bridgehead atoms. The first-order valence-corrected chi connectivity index (χ1v) is 9.12. The minimum atomic E-state index is 0.452. The van der Waals surface area contributed by atoms with Gasteiger partial charge in [0, 0.05) is 10.5 Å². The van der Waals surface area contributed by atoms with Crippen LogP contribution in [0.25, 0.3) is 0 Å². The molecule has 118 valence electrons. The summed E-state index contributed by atoms with van der Waals surface area (Å²) in [5.41, 5.74) is 1.38. The van der Waals surface area contributed by atoms with Crippen molar-refractivity contribution in [2.45, 2.75) is 57.9 Å². The lowest BCUT2D eigenvalue weighted by atomic mass is 9.83. The van der Waals surface area contributed by atoms with Gasteiger partial charge in [0.2, 0.25) is 0 Å². The minimum Gasteiger partial charge on any atom is -0.497 e. The number of halogens is 1. The lowest BCUT2D eigenvalue weighted by Crippen LogP contribution is -2.29. The Morgan fingerprint density at radius 2 is 1.86 bits per heavy atom. The molecule has 21 heavy (non-hydrogen) atoms. The highest BCUT2D eigenvalue weighted by Gasteiger charge is 2.24. The molecule has 0 aliphatic heterocycles. The molecule has 1 atom stereocenters. The van der Waals surface area contributed by atoms with E-state index in [4.69, 9.17) is 4.74 Å². The third kappa shape index (κ3) is 4.72. The van der Waals surface area contributed by atoms with Crippen molar-refractivity contribution in [3.63, 3.8) is 0 Å². The summed E-state index contributed by atoms with van der Waals surface area (Å²) in [7, 11) is 1.72. The fraction of sp³-hybridized carbons (Fsp3) is 0.667. The van der Waals surface area contributed by atoms with Crippen molar-refractivity contribution in [1.82, 2.24) is 5.32 Å². The zero-order valence-corrected chi connectivity index (χ0v) is 14.9. The van der Waals surface area contributed by atoms with Gasteiger partial charge in [0.15, 0.2) is 0 Å². The molecule has 0 spiro atoms. The van der Waals surface area contributed by atoms with Crippen LogP contribution in [0.4, 0.5) is 0 Å². The second-order valence-corrected chi connectivity index (χ2v) is 6.88. The Morgan fingerprint density at radius 3 is 2.43 bits per heavy atom. The highest BCUT2D eigenvalue weighted by atomic mass is 79.9. The molecule has 0 heterocycles. The zero-order chi connectivity index (χ0) is 15.1. The van der Waals surface area contributed by atoms with Gasteiger partial charge in [0.25, 0.3) is 0 Å². The summed E-state index contributed by atoms with van der Waals surface area (Å²) in [5, 5.41) is 3.72. The number of hydrogen-bond donors (Lipinski definition) is 1. The van der Waals surface area contributed by atoms with Crippen LogP contribution >= 0.6 is 15.9 Å². The van der Waals surface area contributed by atoms with Crippen molar-refractivity contribution in [3.05, 3.63) is 28.2 Å². The molecule has 1 unspecified atom stereocenters. The molecule has 1 fully saturated rings. The normalized spacial score (nSPS) is 18.8. The third-order valence-corrected chi connectivity index (χ3v) is 5.27. The first-order valence-electron chi connectivity index (χ1n) is 8.33. The van der Waals surface area contributed by atoms with E-state index in [9.17, 15) is 0 Å². The smallest absolute Gasteiger partial charge is 0.120 e. The minimum absolute atomic E-state index is 0.452. The summed E-state index contributed by atoms with van der Waals surface area (Å²) in [6, 6.07) is 6.83. The molecule has 2 rings (SSSR count). The van der Waals surface area contributed by atoms with Crippen LogP contribution in [-0.2, 0) is 0 Å². The van der Waals surface area contributed by atoms with E-state index in [0.717, 1.165) is 22.7 Å². The van der Waals surface area contributed by atoms with Crippen LogP contribution in [0.3, 0.4) is 0 Å². The fourth-order valence-corrected chi connectivity index (χ4v) is 4.06. The van der Waals surface area contributed by atoms with Gasteiger partial charge >= 0.3 is 0 Å². The standard InChI is InChI=1S/C18H28BrNO/c1-3-20-18(14-9-7-5-4-6-8-10-14)16-12-11-15(21-2)13-17(16)19/h11-14,18,20H,3-10H2,1-2H3. The lowest BCUT2D eigenvalue weighted by molar-refractivity contribution is 0.290. The summed E-state index contributed by atoms with van der Waals surface area (Å²) < 4.78 is 6.48. The van der Waals surface area contributed by atoms with Crippen LogP contribution < -0.4 is 10.1 Å². The van der Waals surface area contributed by atoms with Crippen molar-refractivity contribution in [2.75, 3.05) is 13.7 Å². The van der Waals surface area contributed by atoms with E-state index in [-0.39, 0.29) is 0 Å². The summed E-state index contributed by atoms with van der Waals surface area (Å²) in [6.45, 7) is 3.22. The predicted octanol–water partition coefficient (Wildman–Crippen LogP) is 5.47. The number of methoxy groups -OCH3 is 1. The molecule has 0 saturated heterocycles. The van der Waals surface area contributed by atoms with Gasteiger partial charge in [-0.15, -0.1) is 0 Å². The predicted molar refractivity (Wildman–Crippen MR) is 92.9 cm³/mol. The van der Waals surface area contributed by atoms with Crippen LogP contribution in [0.2, 0.25) is 0 Å². The summed E-state index contributed by atoms with van der Waals surface area (Å²) in [6.07, 6.45) is 9.66. The van der Waals surface area contributed by atoms with E-state index in [1.54, 1.807) is 7.11 Å². The Morgan fingerprint density at radius 1 is 1.19 bits per heavy atom. The van der Waals surface area contributed by atoms with E-state index >= 15 is 0 Å². The Bertz CT molecular complexity index is 427. The first-order chi connectivity index (χ1) is 10.3. The molecule has 0 amide bonds. The Kier molecular flexibility index (Phi) is 7.05. The van der Waals surface area contributed by atoms with Crippen LogP contribution in [0.15, 0.2) is 22.7 Å². The third-order valence-electron chi connectivity index (χ3n) is 4.59. The first kappa shape index (κ1) is 16.8. The molecule has 3 heteroatoms. The average Bonchev–Trinajstić information content (AvgIpc) is 2.45. The number of nitrogens with one attached hydrogen (secondary N) is 1. The fourth-order valence-electron chi connectivity index (χ4n) is 3.46. The maximum absolute atomic E-state index is 5.32. The van der Waals surface area contributed by atoms with Crippen molar-refractivity contribution in [3.8, 4) is 5.75 Å². The molecule has 0 radical (unpaired) electrons. The Hall–Kier alpha value is -0.540. The van der Waals surface area contributed by atoms with Gasteiger partial charge in [-0.3, -0.25) is 0 Å². The zero-order valence-electron chi connectivity index (χ0n) is 13.3. The van der Waals surface area contributed by atoms with Crippen molar-refractivity contribution in [1.29, 1.82) is 0 Å². The maximum Gasteiger partial charge on any atom is 0.120 e. The topological polar surface area (TPSA) is 21.3 Å². The van der Waals surface area contributed by atoms with Crippen molar-refractivity contribution < 1.29 is 4.74 Å².